The lowest BCUT2D eigenvalue weighted by molar-refractivity contribution is 0.469. The van der Waals surface area contributed by atoms with Crippen molar-refractivity contribution in [3.8, 4) is 5.69 Å². The number of hydrogen-bond acceptors (Lipinski definition) is 6. The Kier molecular flexibility index (Phi) is 3.63. The topological polar surface area (TPSA) is 71.8 Å². The fourth-order valence-electron chi connectivity index (χ4n) is 3.89. The molecule has 1 aliphatic carbocycles. The van der Waals surface area contributed by atoms with Crippen molar-refractivity contribution in [3.63, 3.8) is 0 Å². The van der Waals surface area contributed by atoms with Gasteiger partial charge in [-0.1, -0.05) is 19.8 Å². The lowest BCUT2D eigenvalue weighted by Crippen LogP contribution is -2.42. The zero-order valence-corrected chi connectivity index (χ0v) is 13.7. The molecular weight excluding hydrogens is 290 g/mol. The van der Waals surface area contributed by atoms with E-state index in [1.165, 1.54) is 25.7 Å². The Morgan fingerprint density at radius 3 is 2.83 bits per heavy atom. The number of nitrogens with one attached hydrogen (secondary N) is 1. The van der Waals surface area contributed by atoms with Crippen molar-refractivity contribution in [2.75, 3.05) is 16.8 Å². The molecular formula is C16H23N7. The minimum atomic E-state index is 0.234. The van der Waals surface area contributed by atoms with E-state index in [-0.39, 0.29) is 6.04 Å². The second kappa shape index (κ2) is 5.79. The van der Waals surface area contributed by atoms with Crippen LogP contribution in [0, 0.1) is 0 Å². The van der Waals surface area contributed by atoms with E-state index < -0.39 is 0 Å². The summed E-state index contributed by atoms with van der Waals surface area (Å²) in [7, 11) is 0. The molecule has 0 aromatic carbocycles. The van der Waals surface area contributed by atoms with Crippen molar-refractivity contribution in [2.45, 2.75) is 58.0 Å². The molecule has 2 aromatic heterocycles. The van der Waals surface area contributed by atoms with Gasteiger partial charge in [0.25, 0.3) is 0 Å². The fourth-order valence-corrected chi connectivity index (χ4v) is 3.89. The van der Waals surface area contributed by atoms with E-state index in [1.807, 2.05) is 10.8 Å². The average Bonchev–Trinajstić information content (AvgIpc) is 3.25. The highest BCUT2D eigenvalue weighted by Gasteiger charge is 2.38. The van der Waals surface area contributed by atoms with Crippen LogP contribution in [-0.4, -0.2) is 37.3 Å². The normalized spacial score (nSPS) is 20.4. The average molecular weight is 313 g/mol. The van der Waals surface area contributed by atoms with Gasteiger partial charge in [0.2, 0.25) is 5.95 Å². The summed E-state index contributed by atoms with van der Waals surface area (Å²) < 4.78 is 2.05. The summed E-state index contributed by atoms with van der Waals surface area (Å²) in [6.45, 7) is 5.09. The van der Waals surface area contributed by atoms with Gasteiger partial charge >= 0.3 is 0 Å². The van der Waals surface area contributed by atoms with E-state index in [1.54, 1.807) is 6.33 Å². The van der Waals surface area contributed by atoms with Crippen LogP contribution in [0.4, 0.5) is 11.8 Å². The zero-order chi connectivity index (χ0) is 15.8. The number of aromatic nitrogens is 5. The first-order valence-corrected chi connectivity index (χ1v) is 8.63. The summed E-state index contributed by atoms with van der Waals surface area (Å²) in [5.74, 6) is 2.72. The summed E-state index contributed by atoms with van der Waals surface area (Å²) in [5.41, 5.74) is 0.989. The number of nitrogens with zero attached hydrogens (tertiary/aromatic N) is 6. The van der Waals surface area contributed by atoms with Crippen LogP contribution >= 0.6 is 0 Å². The van der Waals surface area contributed by atoms with Crippen LogP contribution in [-0.2, 0) is 0 Å². The molecule has 3 heterocycles. The van der Waals surface area contributed by atoms with Gasteiger partial charge < -0.3 is 10.2 Å². The Balaban J connectivity index is 1.86. The van der Waals surface area contributed by atoms with Crippen LogP contribution in [0.2, 0.25) is 0 Å². The zero-order valence-electron chi connectivity index (χ0n) is 13.7. The molecule has 0 spiro atoms. The Morgan fingerprint density at radius 2 is 2.09 bits per heavy atom. The predicted octanol–water partition coefficient (Wildman–Crippen LogP) is 2.70. The maximum atomic E-state index is 4.83. The molecule has 0 bridgehead atoms. The standard InChI is InChI=1S/C16H23N7/c1-3-12-15-21-19-10-22(15)13-9-18-16(17-4-2)20-14(13)23(12)11-7-5-6-8-11/h9-12H,3-8H2,1-2H3,(H,17,18,20)/t12-/m1/s1. The lowest BCUT2D eigenvalue weighted by atomic mass is 10.0. The van der Waals surface area contributed by atoms with Gasteiger partial charge in [-0.05, 0) is 26.2 Å². The van der Waals surface area contributed by atoms with E-state index in [4.69, 9.17) is 4.98 Å². The first kappa shape index (κ1) is 14.4. The van der Waals surface area contributed by atoms with Gasteiger partial charge in [0, 0.05) is 12.6 Å². The van der Waals surface area contributed by atoms with Gasteiger partial charge in [-0.25, -0.2) is 4.98 Å². The number of fused-ring (bicyclic) bond motifs is 3. The molecule has 2 aromatic rings. The number of rotatable bonds is 4. The Labute approximate surface area is 136 Å². The molecule has 0 saturated heterocycles. The third kappa shape index (κ3) is 2.26. The molecule has 1 atom stereocenters. The van der Waals surface area contributed by atoms with Gasteiger partial charge in [-0.15, -0.1) is 10.2 Å². The third-order valence-electron chi connectivity index (χ3n) is 4.90. The smallest absolute Gasteiger partial charge is 0.224 e. The minimum absolute atomic E-state index is 0.234. The highest BCUT2D eigenvalue weighted by Crippen LogP contribution is 2.42. The van der Waals surface area contributed by atoms with Crippen molar-refractivity contribution in [2.24, 2.45) is 0 Å². The maximum absolute atomic E-state index is 4.83. The number of anilines is 2. The highest BCUT2D eigenvalue weighted by molar-refractivity contribution is 5.63. The minimum Gasteiger partial charge on any atom is -0.354 e. The lowest BCUT2D eigenvalue weighted by Gasteiger charge is -2.40. The summed E-state index contributed by atoms with van der Waals surface area (Å²) in [5, 5.41) is 11.8. The van der Waals surface area contributed by atoms with Gasteiger partial charge in [-0.3, -0.25) is 4.57 Å². The molecule has 7 heteroatoms. The quantitative estimate of drug-likeness (QED) is 0.935. The highest BCUT2D eigenvalue weighted by atomic mass is 15.4. The summed E-state index contributed by atoms with van der Waals surface area (Å²) in [6, 6.07) is 0.769. The van der Waals surface area contributed by atoms with Crippen LogP contribution in [0.25, 0.3) is 5.69 Å². The number of hydrogen-bond donors (Lipinski definition) is 1. The molecule has 1 saturated carbocycles. The Bertz CT molecular complexity index is 689. The van der Waals surface area contributed by atoms with E-state index in [0.29, 0.717) is 12.0 Å². The van der Waals surface area contributed by atoms with Crippen molar-refractivity contribution in [1.82, 2.24) is 24.7 Å². The van der Waals surface area contributed by atoms with Crippen molar-refractivity contribution in [3.05, 3.63) is 18.3 Å². The van der Waals surface area contributed by atoms with E-state index in [9.17, 15) is 0 Å². The predicted molar refractivity (Wildman–Crippen MR) is 88.9 cm³/mol. The van der Waals surface area contributed by atoms with Crippen LogP contribution in [0.1, 0.15) is 57.8 Å². The second-order valence-electron chi connectivity index (χ2n) is 6.26. The molecule has 1 N–H and O–H groups in total. The maximum Gasteiger partial charge on any atom is 0.224 e. The molecule has 4 rings (SSSR count). The third-order valence-corrected chi connectivity index (χ3v) is 4.90. The monoisotopic (exact) mass is 313 g/mol. The van der Waals surface area contributed by atoms with Crippen molar-refractivity contribution >= 4 is 11.8 Å². The van der Waals surface area contributed by atoms with Crippen molar-refractivity contribution < 1.29 is 0 Å². The van der Waals surface area contributed by atoms with Crippen LogP contribution in [0.5, 0.6) is 0 Å². The van der Waals surface area contributed by atoms with Crippen LogP contribution in [0.15, 0.2) is 12.5 Å². The van der Waals surface area contributed by atoms with E-state index in [2.05, 4.69) is 39.2 Å². The molecule has 1 fully saturated rings. The molecule has 23 heavy (non-hydrogen) atoms. The summed E-state index contributed by atoms with van der Waals surface area (Å²) in [4.78, 5) is 11.8. The largest absolute Gasteiger partial charge is 0.354 e. The molecule has 0 amide bonds. The first-order valence-electron chi connectivity index (χ1n) is 8.63. The summed E-state index contributed by atoms with van der Waals surface area (Å²) in [6.07, 6.45) is 9.71. The molecule has 7 nitrogen and oxygen atoms in total. The van der Waals surface area contributed by atoms with Crippen molar-refractivity contribution in [1.29, 1.82) is 0 Å². The molecule has 0 unspecified atom stereocenters. The summed E-state index contributed by atoms with van der Waals surface area (Å²) >= 11 is 0. The Hall–Kier alpha value is -2.18. The first-order chi connectivity index (χ1) is 11.3. The second-order valence-corrected chi connectivity index (χ2v) is 6.26. The van der Waals surface area contributed by atoms with Gasteiger partial charge in [-0.2, -0.15) is 4.98 Å². The Morgan fingerprint density at radius 1 is 1.26 bits per heavy atom. The molecule has 0 radical (unpaired) electrons. The van der Waals surface area contributed by atoms with E-state index >= 15 is 0 Å². The van der Waals surface area contributed by atoms with Gasteiger partial charge in [0.15, 0.2) is 11.6 Å². The van der Waals surface area contributed by atoms with Gasteiger partial charge in [0.1, 0.15) is 12.0 Å². The van der Waals surface area contributed by atoms with Crippen LogP contribution in [0.3, 0.4) is 0 Å². The van der Waals surface area contributed by atoms with E-state index in [0.717, 1.165) is 30.3 Å². The van der Waals surface area contributed by atoms with Crippen LogP contribution < -0.4 is 10.2 Å². The molecule has 2 aliphatic rings. The van der Waals surface area contributed by atoms with Gasteiger partial charge in [0.05, 0.1) is 12.2 Å². The molecule has 1 aliphatic heterocycles. The molecule has 122 valence electrons. The fraction of sp³-hybridized carbons (Fsp3) is 0.625. The SMILES string of the molecule is CCNc1ncc2c(n1)N(C1CCCC1)[C@H](CC)c1nncn1-2.